The summed E-state index contributed by atoms with van der Waals surface area (Å²) in [4.78, 5) is 23.1. The first-order valence-corrected chi connectivity index (χ1v) is 10.8. The summed E-state index contributed by atoms with van der Waals surface area (Å²) in [5, 5.41) is 5.69. The molecule has 2 fully saturated rings. The summed E-state index contributed by atoms with van der Waals surface area (Å²) in [7, 11) is 1.86. The number of halogens is 1. The Morgan fingerprint density at radius 1 is 1.28 bits per heavy atom. The highest BCUT2D eigenvalue weighted by molar-refractivity contribution is 6.32. The average Bonchev–Trinajstić information content (AvgIpc) is 3.10. The van der Waals surface area contributed by atoms with E-state index in [0.717, 1.165) is 53.7 Å². The van der Waals surface area contributed by atoms with Crippen molar-refractivity contribution in [3.8, 4) is 11.8 Å². The number of hydrogen-bond acceptors (Lipinski definition) is 9. The number of anilines is 3. The van der Waals surface area contributed by atoms with Gasteiger partial charge in [0.2, 0.25) is 5.95 Å². The molecule has 1 aromatic carbocycles. The number of H-pyrrole nitrogens is 1. The summed E-state index contributed by atoms with van der Waals surface area (Å²) in [6.45, 7) is 1.73. The minimum absolute atomic E-state index is 0.171. The average molecular weight is 452 g/mol. The van der Waals surface area contributed by atoms with Gasteiger partial charge in [-0.1, -0.05) is 11.6 Å². The van der Waals surface area contributed by atoms with E-state index in [-0.39, 0.29) is 23.4 Å². The first-order chi connectivity index (χ1) is 15.5. The molecule has 6 N–H and O–H groups in total. The van der Waals surface area contributed by atoms with Crippen LogP contribution in [0.4, 0.5) is 17.5 Å². The SMILES string of the molecule is CNc1cc(Cl)cc2c1[nH]c1nc(Oc3cnc(N)nc3)nc(N3CC[C@]4(C[C@@H]4N)C3)c12. The maximum atomic E-state index is 6.42. The molecule has 2 aliphatic rings. The molecule has 0 radical (unpaired) electrons. The van der Waals surface area contributed by atoms with Crippen LogP contribution in [0.3, 0.4) is 0 Å². The van der Waals surface area contributed by atoms with Crippen LogP contribution < -0.4 is 26.4 Å². The molecule has 164 valence electrons. The Morgan fingerprint density at radius 3 is 2.75 bits per heavy atom. The van der Waals surface area contributed by atoms with Gasteiger partial charge >= 0.3 is 6.01 Å². The largest absolute Gasteiger partial charge is 0.421 e. The molecule has 1 saturated carbocycles. The second-order valence-electron chi connectivity index (χ2n) is 8.53. The van der Waals surface area contributed by atoms with Crippen LogP contribution in [0.1, 0.15) is 12.8 Å². The molecule has 4 aromatic rings. The number of benzene rings is 1. The second-order valence-corrected chi connectivity index (χ2v) is 8.96. The first kappa shape index (κ1) is 19.3. The molecule has 1 spiro atoms. The van der Waals surface area contributed by atoms with Crippen molar-refractivity contribution in [1.82, 2.24) is 24.9 Å². The maximum absolute atomic E-state index is 6.42. The van der Waals surface area contributed by atoms with Gasteiger partial charge in [0.15, 0.2) is 5.75 Å². The van der Waals surface area contributed by atoms with E-state index < -0.39 is 0 Å². The molecule has 3 aromatic heterocycles. The van der Waals surface area contributed by atoms with Gasteiger partial charge in [0.1, 0.15) is 11.5 Å². The van der Waals surface area contributed by atoms with Gasteiger partial charge in [-0.2, -0.15) is 9.97 Å². The van der Waals surface area contributed by atoms with Crippen molar-refractivity contribution in [3.63, 3.8) is 0 Å². The van der Waals surface area contributed by atoms with Crippen LogP contribution in [0.25, 0.3) is 21.9 Å². The van der Waals surface area contributed by atoms with Gasteiger partial charge in [-0.3, -0.25) is 0 Å². The van der Waals surface area contributed by atoms with Crippen LogP contribution in [0, 0.1) is 5.41 Å². The predicted molar refractivity (Wildman–Crippen MR) is 124 cm³/mol. The van der Waals surface area contributed by atoms with Gasteiger partial charge in [-0.15, -0.1) is 0 Å². The first-order valence-electron chi connectivity index (χ1n) is 10.4. The number of nitrogens with one attached hydrogen (secondary N) is 2. The van der Waals surface area contributed by atoms with Gasteiger partial charge in [-0.05, 0) is 25.0 Å². The van der Waals surface area contributed by atoms with E-state index >= 15 is 0 Å². The highest BCUT2D eigenvalue weighted by atomic mass is 35.5. The van der Waals surface area contributed by atoms with Gasteiger partial charge < -0.3 is 31.4 Å². The molecule has 2 atom stereocenters. The highest BCUT2D eigenvalue weighted by Gasteiger charge is 2.55. The molecule has 32 heavy (non-hydrogen) atoms. The molecule has 0 amide bonds. The third-order valence-corrected chi connectivity index (χ3v) is 6.77. The normalized spacial score (nSPS) is 22.2. The van der Waals surface area contributed by atoms with E-state index in [1.807, 2.05) is 19.2 Å². The fraction of sp³-hybridized carbons (Fsp3) is 0.333. The topological polar surface area (TPSA) is 144 Å². The molecule has 1 aliphatic heterocycles. The number of nitrogens with zero attached hydrogens (tertiary/aromatic N) is 5. The minimum Gasteiger partial charge on any atom is -0.421 e. The van der Waals surface area contributed by atoms with E-state index in [0.29, 0.717) is 16.4 Å². The van der Waals surface area contributed by atoms with Crippen molar-refractivity contribution in [2.45, 2.75) is 18.9 Å². The molecule has 10 nitrogen and oxygen atoms in total. The van der Waals surface area contributed by atoms with Crippen LogP contribution in [0.5, 0.6) is 11.8 Å². The summed E-state index contributed by atoms with van der Waals surface area (Å²) in [5.74, 6) is 1.37. The summed E-state index contributed by atoms with van der Waals surface area (Å²) in [6.07, 6.45) is 5.08. The number of nitrogens with two attached hydrogens (primary N) is 2. The molecule has 4 heterocycles. The lowest BCUT2D eigenvalue weighted by Crippen LogP contribution is -2.24. The Morgan fingerprint density at radius 2 is 2.06 bits per heavy atom. The molecular weight excluding hydrogens is 430 g/mol. The zero-order valence-electron chi connectivity index (χ0n) is 17.4. The van der Waals surface area contributed by atoms with Crippen LogP contribution in [-0.4, -0.2) is 51.1 Å². The van der Waals surface area contributed by atoms with Crippen LogP contribution in [0.15, 0.2) is 24.5 Å². The zero-order chi connectivity index (χ0) is 22.0. The van der Waals surface area contributed by atoms with E-state index in [9.17, 15) is 0 Å². The Kier molecular flexibility index (Phi) is 4.11. The highest BCUT2D eigenvalue weighted by Crippen LogP contribution is 2.53. The van der Waals surface area contributed by atoms with E-state index in [2.05, 4.69) is 30.2 Å². The molecule has 0 unspecified atom stereocenters. The van der Waals surface area contributed by atoms with Gasteiger partial charge in [0.05, 0.1) is 29.0 Å². The van der Waals surface area contributed by atoms with Crippen molar-refractivity contribution >= 4 is 51.0 Å². The molecular formula is C21H22ClN9O. The second kappa shape index (κ2) is 6.81. The smallest absolute Gasteiger partial charge is 0.326 e. The maximum Gasteiger partial charge on any atom is 0.326 e. The van der Waals surface area contributed by atoms with Crippen LogP contribution in [-0.2, 0) is 0 Å². The molecule has 6 rings (SSSR count). The number of rotatable bonds is 4. The standard InChI is InChI=1S/C21H22ClN9O/c1-25-13-5-10(22)4-12-15-17(28-16(12)13)29-20(32-11-7-26-19(24)27-8-11)30-18(15)31-3-2-21(9-31)6-14(21)23/h4-5,7-8,14,25H,2-3,6,9,23H2,1H3,(H2,24,26,27)(H,28,29,30)/t14-,21-/m0/s1. The molecule has 1 saturated heterocycles. The summed E-state index contributed by atoms with van der Waals surface area (Å²) >= 11 is 6.42. The monoisotopic (exact) mass is 451 g/mol. The fourth-order valence-electron chi connectivity index (χ4n) is 4.71. The Labute approximate surface area is 188 Å². The van der Waals surface area contributed by atoms with Crippen LogP contribution in [0.2, 0.25) is 5.02 Å². The Balaban J connectivity index is 1.53. The van der Waals surface area contributed by atoms with Crippen molar-refractivity contribution < 1.29 is 4.74 Å². The molecule has 11 heteroatoms. The van der Waals surface area contributed by atoms with Gasteiger partial charge in [-0.25, -0.2) is 9.97 Å². The van der Waals surface area contributed by atoms with Crippen molar-refractivity contribution in [2.75, 3.05) is 36.1 Å². The summed E-state index contributed by atoms with van der Waals surface area (Å²) in [5.41, 5.74) is 14.5. The van der Waals surface area contributed by atoms with Crippen LogP contribution >= 0.6 is 11.6 Å². The number of ether oxygens (including phenoxy) is 1. The lowest BCUT2D eigenvalue weighted by atomic mass is 10.1. The third-order valence-electron chi connectivity index (χ3n) is 6.55. The molecule has 1 aliphatic carbocycles. The zero-order valence-corrected chi connectivity index (χ0v) is 18.1. The van der Waals surface area contributed by atoms with E-state index in [4.69, 9.17) is 32.8 Å². The lowest BCUT2D eigenvalue weighted by molar-refractivity contribution is 0.440. The van der Waals surface area contributed by atoms with Crippen molar-refractivity contribution in [3.05, 3.63) is 29.5 Å². The number of nitrogen functional groups attached to an aromatic ring is 1. The predicted octanol–water partition coefficient (Wildman–Crippen LogP) is 2.90. The summed E-state index contributed by atoms with van der Waals surface area (Å²) < 4.78 is 5.89. The number of fused-ring (bicyclic) bond motifs is 3. The van der Waals surface area contributed by atoms with Gasteiger partial charge in [0.25, 0.3) is 0 Å². The van der Waals surface area contributed by atoms with E-state index in [1.165, 1.54) is 12.4 Å². The minimum atomic E-state index is 0.171. The Bertz CT molecular complexity index is 1360. The molecule has 0 bridgehead atoms. The van der Waals surface area contributed by atoms with Gasteiger partial charge in [0, 0.05) is 42.0 Å². The third kappa shape index (κ3) is 2.98. The number of aromatic amines is 1. The number of hydrogen-bond donors (Lipinski definition) is 4. The summed E-state index contributed by atoms with van der Waals surface area (Å²) in [6, 6.07) is 4.27. The van der Waals surface area contributed by atoms with E-state index in [1.54, 1.807) is 0 Å². The Hall–Kier alpha value is -3.37. The van der Waals surface area contributed by atoms with Crippen molar-refractivity contribution in [1.29, 1.82) is 0 Å². The van der Waals surface area contributed by atoms with Crippen molar-refractivity contribution in [2.24, 2.45) is 11.1 Å². The number of aromatic nitrogens is 5. The lowest BCUT2D eigenvalue weighted by Gasteiger charge is -2.19. The fourth-order valence-corrected chi connectivity index (χ4v) is 4.92. The quantitative estimate of drug-likeness (QED) is 0.368.